The van der Waals surface area contributed by atoms with Crippen molar-refractivity contribution >= 4 is 11.8 Å². The molecule has 1 aromatic carbocycles. The minimum atomic E-state index is 0.703. The van der Waals surface area contributed by atoms with Crippen LogP contribution in [0.2, 0.25) is 0 Å². The van der Waals surface area contributed by atoms with Crippen LogP contribution in [0.3, 0.4) is 0 Å². The van der Waals surface area contributed by atoms with E-state index >= 15 is 0 Å². The van der Waals surface area contributed by atoms with E-state index in [1.54, 1.807) is 11.8 Å². The maximum atomic E-state index is 5.78. The number of rotatable bonds is 5. The highest BCUT2D eigenvalue weighted by Crippen LogP contribution is 2.25. The normalized spacial score (nSPS) is 10.7. The molecule has 0 unspecified atom stereocenters. The second-order valence-electron chi connectivity index (χ2n) is 4.16. The van der Waals surface area contributed by atoms with Gasteiger partial charge in [-0.05, 0) is 43.2 Å². The van der Waals surface area contributed by atoms with Gasteiger partial charge in [-0.1, -0.05) is 19.9 Å². The van der Waals surface area contributed by atoms with Crippen LogP contribution in [0.1, 0.15) is 25.8 Å². The van der Waals surface area contributed by atoms with Crippen molar-refractivity contribution in [2.75, 3.05) is 12.9 Å². The van der Waals surface area contributed by atoms with Gasteiger partial charge in [-0.3, -0.25) is 0 Å². The topological polar surface area (TPSA) is 9.23 Å². The molecule has 0 amide bonds. The van der Waals surface area contributed by atoms with Gasteiger partial charge in [-0.2, -0.15) is 0 Å². The van der Waals surface area contributed by atoms with E-state index in [0.29, 0.717) is 5.92 Å². The zero-order chi connectivity index (χ0) is 11.3. The van der Waals surface area contributed by atoms with Crippen LogP contribution in [-0.2, 0) is 0 Å². The standard InChI is InChI=1S/C13H20OS/c1-10(2)7-8-14-13-9-12(15-4)6-5-11(13)3/h5-6,9-10H,7-8H2,1-4H3. The van der Waals surface area contributed by atoms with E-state index in [1.807, 2.05) is 0 Å². The van der Waals surface area contributed by atoms with Gasteiger partial charge in [0.15, 0.2) is 0 Å². The Bertz CT molecular complexity index is 307. The minimum absolute atomic E-state index is 0.703. The van der Waals surface area contributed by atoms with Crippen LogP contribution in [0, 0.1) is 12.8 Å². The molecule has 0 saturated carbocycles. The number of hydrogen-bond acceptors (Lipinski definition) is 2. The lowest BCUT2D eigenvalue weighted by Crippen LogP contribution is -2.02. The van der Waals surface area contributed by atoms with Gasteiger partial charge in [0.1, 0.15) is 5.75 Å². The van der Waals surface area contributed by atoms with Crippen molar-refractivity contribution in [3.05, 3.63) is 23.8 Å². The Kier molecular flexibility index (Phi) is 5.03. The summed E-state index contributed by atoms with van der Waals surface area (Å²) in [7, 11) is 0. The second kappa shape index (κ2) is 6.06. The molecule has 0 aliphatic heterocycles. The predicted octanol–water partition coefficient (Wildman–Crippen LogP) is 4.14. The Hall–Kier alpha value is -0.630. The van der Waals surface area contributed by atoms with Crippen LogP contribution in [0.15, 0.2) is 23.1 Å². The van der Waals surface area contributed by atoms with Crippen LogP contribution < -0.4 is 4.74 Å². The van der Waals surface area contributed by atoms with E-state index in [0.717, 1.165) is 18.8 Å². The summed E-state index contributed by atoms with van der Waals surface area (Å²) < 4.78 is 5.78. The molecule has 0 N–H and O–H groups in total. The van der Waals surface area contributed by atoms with Gasteiger partial charge >= 0.3 is 0 Å². The fraction of sp³-hybridized carbons (Fsp3) is 0.538. The Morgan fingerprint density at radius 1 is 1.33 bits per heavy atom. The monoisotopic (exact) mass is 224 g/mol. The molecule has 15 heavy (non-hydrogen) atoms. The third-order valence-corrected chi connectivity index (χ3v) is 3.07. The summed E-state index contributed by atoms with van der Waals surface area (Å²) in [6.07, 6.45) is 3.20. The Labute approximate surface area is 97.2 Å². The minimum Gasteiger partial charge on any atom is -0.493 e. The molecule has 0 saturated heterocycles. The van der Waals surface area contributed by atoms with Crippen molar-refractivity contribution in [1.82, 2.24) is 0 Å². The Balaban J connectivity index is 2.59. The van der Waals surface area contributed by atoms with Crippen molar-refractivity contribution in [2.45, 2.75) is 32.1 Å². The van der Waals surface area contributed by atoms with Crippen molar-refractivity contribution in [1.29, 1.82) is 0 Å². The average Bonchev–Trinajstić information content (AvgIpc) is 2.20. The Morgan fingerprint density at radius 3 is 2.67 bits per heavy atom. The zero-order valence-corrected chi connectivity index (χ0v) is 10.9. The lowest BCUT2D eigenvalue weighted by Gasteiger charge is -2.11. The van der Waals surface area contributed by atoms with E-state index in [-0.39, 0.29) is 0 Å². The molecule has 1 rings (SSSR count). The molecule has 0 atom stereocenters. The largest absolute Gasteiger partial charge is 0.493 e. The van der Waals surface area contributed by atoms with Gasteiger partial charge < -0.3 is 4.74 Å². The first kappa shape index (κ1) is 12.4. The molecule has 0 radical (unpaired) electrons. The van der Waals surface area contributed by atoms with Gasteiger partial charge in [0.2, 0.25) is 0 Å². The second-order valence-corrected chi connectivity index (χ2v) is 5.04. The number of hydrogen-bond donors (Lipinski definition) is 0. The molecule has 2 heteroatoms. The first-order chi connectivity index (χ1) is 7.13. The van der Waals surface area contributed by atoms with E-state index in [1.165, 1.54) is 10.5 Å². The lowest BCUT2D eigenvalue weighted by atomic mass is 10.1. The molecule has 0 aliphatic carbocycles. The van der Waals surface area contributed by atoms with Gasteiger partial charge in [-0.25, -0.2) is 0 Å². The summed E-state index contributed by atoms with van der Waals surface area (Å²) in [6.45, 7) is 7.34. The van der Waals surface area contributed by atoms with Crippen LogP contribution in [0.25, 0.3) is 0 Å². The summed E-state index contributed by atoms with van der Waals surface area (Å²) in [5.74, 6) is 1.73. The molecule has 1 aromatic rings. The quantitative estimate of drug-likeness (QED) is 0.695. The van der Waals surface area contributed by atoms with Crippen LogP contribution in [-0.4, -0.2) is 12.9 Å². The molecule has 1 nitrogen and oxygen atoms in total. The summed E-state index contributed by atoms with van der Waals surface area (Å²) >= 11 is 1.75. The summed E-state index contributed by atoms with van der Waals surface area (Å²) in [4.78, 5) is 1.26. The predicted molar refractivity (Wildman–Crippen MR) is 67.9 cm³/mol. The van der Waals surface area contributed by atoms with Gasteiger partial charge in [0.25, 0.3) is 0 Å². The molecule has 0 heterocycles. The maximum absolute atomic E-state index is 5.78. The van der Waals surface area contributed by atoms with Crippen molar-refractivity contribution < 1.29 is 4.74 Å². The maximum Gasteiger partial charge on any atom is 0.123 e. The number of aryl methyl sites for hydroxylation is 1. The summed E-state index contributed by atoms with van der Waals surface area (Å²) in [5.41, 5.74) is 1.22. The molecule has 0 aromatic heterocycles. The SMILES string of the molecule is CSc1ccc(C)c(OCCC(C)C)c1. The molecule has 84 valence electrons. The first-order valence-electron chi connectivity index (χ1n) is 5.41. The summed E-state index contributed by atoms with van der Waals surface area (Å²) in [5, 5.41) is 0. The van der Waals surface area contributed by atoms with E-state index < -0.39 is 0 Å². The molecular weight excluding hydrogens is 204 g/mol. The van der Waals surface area contributed by atoms with Gasteiger partial charge in [0.05, 0.1) is 6.61 Å². The fourth-order valence-corrected chi connectivity index (χ4v) is 1.70. The van der Waals surface area contributed by atoms with E-state index in [9.17, 15) is 0 Å². The highest BCUT2D eigenvalue weighted by molar-refractivity contribution is 7.98. The number of thioether (sulfide) groups is 1. The third-order valence-electron chi connectivity index (χ3n) is 2.35. The summed E-state index contributed by atoms with van der Waals surface area (Å²) in [6, 6.07) is 6.38. The van der Waals surface area contributed by atoms with Crippen LogP contribution >= 0.6 is 11.8 Å². The highest BCUT2D eigenvalue weighted by Gasteiger charge is 2.01. The molecule has 0 bridgehead atoms. The first-order valence-corrected chi connectivity index (χ1v) is 6.63. The highest BCUT2D eigenvalue weighted by atomic mass is 32.2. The van der Waals surface area contributed by atoms with Gasteiger partial charge in [-0.15, -0.1) is 11.8 Å². The van der Waals surface area contributed by atoms with Crippen LogP contribution in [0.5, 0.6) is 5.75 Å². The Morgan fingerprint density at radius 2 is 2.07 bits per heavy atom. The molecule has 0 spiro atoms. The van der Waals surface area contributed by atoms with Gasteiger partial charge in [0, 0.05) is 4.90 Å². The van der Waals surface area contributed by atoms with Crippen molar-refractivity contribution in [3.63, 3.8) is 0 Å². The van der Waals surface area contributed by atoms with E-state index in [4.69, 9.17) is 4.74 Å². The number of benzene rings is 1. The average molecular weight is 224 g/mol. The van der Waals surface area contributed by atoms with Crippen molar-refractivity contribution in [3.8, 4) is 5.75 Å². The third kappa shape index (κ3) is 4.17. The molecule has 0 fully saturated rings. The van der Waals surface area contributed by atoms with Crippen LogP contribution in [0.4, 0.5) is 0 Å². The van der Waals surface area contributed by atoms with Crippen molar-refractivity contribution in [2.24, 2.45) is 5.92 Å². The zero-order valence-electron chi connectivity index (χ0n) is 10.0. The lowest BCUT2D eigenvalue weighted by molar-refractivity contribution is 0.287. The van der Waals surface area contributed by atoms with E-state index in [2.05, 4.69) is 45.2 Å². The smallest absolute Gasteiger partial charge is 0.123 e. The molecular formula is C13H20OS. The molecule has 0 aliphatic rings. The number of ether oxygens (including phenoxy) is 1. The fourth-order valence-electron chi connectivity index (χ4n) is 1.27.